The van der Waals surface area contributed by atoms with Gasteiger partial charge in [0, 0.05) is 29.8 Å². The number of hydrogen-bond acceptors (Lipinski definition) is 7. The van der Waals surface area contributed by atoms with E-state index in [-0.39, 0.29) is 23.9 Å². The number of alkyl halides is 3. The van der Waals surface area contributed by atoms with E-state index in [4.69, 9.17) is 0 Å². The Bertz CT molecular complexity index is 1440. The molecule has 0 bridgehead atoms. The molecule has 3 aromatic rings. The van der Waals surface area contributed by atoms with Crippen LogP contribution in [0.15, 0.2) is 87.5 Å². The van der Waals surface area contributed by atoms with Gasteiger partial charge >= 0.3 is 6.36 Å². The van der Waals surface area contributed by atoms with E-state index in [0.717, 1.165) is 45.4 Å². The van der Waals surface area contributed by atoms with Gasteiger partial charge in [-0.3, -0.25) is 4.79 Å². The largest absolute Gasteiger partial charge is 0.573 e. The number of nitrogens with zero attached hydrogens (tertiary/aromatic N) is 2. The summed E-state index contributed by atoms with van der Waals surface area (Å²) in [7, 11) is -4.28. The maximum atomic E-state index is 13.2. The third-order valence-corrected chi connectivity index (χ3v) is 9.19. The summed E-state index contributed by atoms with van der Waals surface area (Å²) in [5, 5.41) is 11.6. The Morgan fingerprint density at radius 1 is 0.974 bits per heavy atom. The number of hydrogen-bond donors (Lipinski definition) is 2. The molecule has 0 aliphatic carbocycles. The molecule has 2 heterocycles. The van der Waals surface area contributed by atoms with Crippen LogP contribution in [-0.4, -0.2) is 62.0 Å². The highest BCUT2D eigenvalue weighted by Crippen LogP contribution is 2.49. The number of aliphatic hydroxyl groups is 1. The number of halogens is 3. The molecule has 8 nitrogen and oxygen atoms in total. The molecule has 39 heavy (non-hydrogen) atoms. The van der Waals surface area contributed by atoms with Crippen LogP contribution in [0.25, 0.3) is 0 Å². The molecule has 2 N–H and O–H groups in total. The van der Waals surface area contributed by atoms with E-state index in [1.165, 1.54) is 11.8 Å². The van der Waals surface area contributed by atoms with Crippen molar-refractivity contribution < 1.29 is 36.2 Å². The van der Waals surface area contributed by atoms with Gasteiger partial charge in [-0.25, -0.2) is 13.1 Å². The highest BCUT2D eigenvalue weighted by atomic mass is 32.2. The Morgan fingerprint density at radius 2 is 1.54 bits per heavy atom. The average Bonchev–Trinajstić information content (AvgIpc) is 2.88. The van der Waals surface area contributed by atoms with Gasteiger partial charge in [-0.05, 0) is 48.5 Å². The number of amides is 1. The van der Waals surface area contributed by atoms with Crippen molar-refractivity contribution in [3.63, 3.8) is 0 Å². The number of carbonyl (C=O) groups is 1. The standard InChI is InChI=1S/C26H24F3N3O5S2/c1-16(33)31-14-19(30-39(35,36)18-12-10-17(11-13-18)37-26(27,28)29)25(34)22(15-31)32-20-6-2-4-8-23(20)38-24-9-5-3-7-21(24)32/h2-13,19,22,25,30,34H,14-15H2,1H3/t19-,22+,25+/m1/s1. The number of aliphatic hydroxyl groups excluding tert-OH is 1. The number of rotatable bonds is 5. The zero-order valence-electron chi connectivity index (χ0n) is 20.5. The van der Waals surface area contributed by atoms with Crippen molar-refractivity contribution >= 4 is 39.1 Å². The summed E-state index contributed by atoms with van der Waals surface area (Å²) in [6.45, 7) is 1.42. The predicted octanol–water partition coefficient (Wildman–Crippen LogP) is 4.13. The number of fused-ring (bicyclic) bond motifs is 2. The number of para-hydroxylation sites is 2. The normalized spacial score (nSPS) is 21.2. The van der Waals surface area contributed by atoms with Gasteiger partial charge in [-0.15, -0.1) is 13.2 Å². The lowest BCUT2D eigenvalue weighted by Gasteiger charge is -2.48. The lowest BCUT2D eigenvalue weighted by molar-refractivity contribution is -0.274. The Labute approximate surface area is 227 Å². The van der Waals surface area contributed by atoms with Crippen molar-refractivity contribution in [2.45, 2.75) is 46.2 Å². The minimum absolute atomic E-state index is 0.0899. The molecule has 3 atom stereocenters. The summed E-state index contributed by atoms with van der Waals surface area (Å²) in [6.07, 6.45) is -6.16. The molecule has 0 aromatic heterocycles. The van der Waals surface area contributed by atoms with Gasteiger partial charge in [0.15, 0.2) is 0 Å². The summed E-state index contributed by atoms with van der Waals surface area (Å²) in [4.78, 5) is 17.5. The van der Waals surface area contributed by atoms with Crippen molar-refractivity contribution in [3.05, 3.63) is 72.8 Å². The van der Waals surface area contributed by atoms with Gasteiger partial charge in [0.1, 0.15) is 5.75 Å². The van der Waals surface area contributed by atoms with Crippen molar-refractivity contribution in [1.82, 2.24) is 9.62 Å². The first-order chi connectivity index (χ1) is 18.4. The highest BCUT2D eigenvalue weighted by Gasteiger charge is 2.44. The second-order valence-corrected chi connectivity index (χ2v) is 11.9. The average molecular weight is 580 g/mol. The first-order valence-electron chi connectivity index (χ1n) is 11.9. The number of ether oxygens (including phenoxy) is 1. The lowest BCUT2D eigenvalue weighted by atomic mass is 9.95. The quantitative estimate of drug-likeness (QED) is 0.469. The Morgan fingerprint density at radius 3 is 2.08 bits per heavy atom. The molecule has 2 aliphatic heterocycles. The van der Waals surface area contributed by atoms with E-state index in [1.54, 1.807) is 11.8 Å². The van der Waals surface area contributed by atoms with Crippen LogP contribution >= 0.6 is 11.8 Å². The number of benzene rings is 3. The van der Waals surface area contributed by atoms with Crippen LogP contribution < -0.4 is 14.4 Å². The number of piperidine rings is 1. The van der Waals surface area contributed by atoms with E-state index in [0.29, 0.717) is 0 Å². The second-order valence-electron chi connectivity index (χ2n) is 9.14. The summed E-state index contributed by atoms with van der Waals surface area (Å²) in [5.41, 5.74) is 1.63. The molecule has 1 fully saturated rings. The fraction of sp³-hybridized carbons (Fsp3) is 0.269. The Balaban J connectivity index is 1.47. The minimum atomic E-state index is -4.92. The second kappa shape index (κ2) is 10.4. The Kier molecular flexibility index (Phi) is 7.27. The molecule has 1 saturated heterocycles. The van der Waals surface area contributed by atoms with Gasteiger partial charge in [-0.1, -0.05) is 36.0 Å². The van der Waals surface area contributed by atoms with Crippen LogP contribution in [0.3, 0.4) is 0 Å². The molecule has 2 aliphatic rings. The molecular weight excluding hydrogens is 555 g/mol. The summed E-state index contributed by atoms with van der Waals surface area (Å²) < 4.78 is 70.1. The van der Waals surface area contributed by atoms with Crippen LogP contribution in [0.5, 0.6) is 5.75 Å². The van der Waals surface area contributed by atoms with Crippen LogP contribution in [0.1, 0.15) is 6.92 Å². The van der Waals surface area contributed by atoms with Gasteiger partial charge in [0.05, 0.1) is 34.5 Å². The van der Waals surface area contributed by atoms with Crippen molar-refractivity contribution in [1.29, 1.82) is 0 Å². The van der Waals surface area contributed by atoms with Crippen LogP contribution in [0, 0.1) is 0 Å². The van der Waals surface area contributed by atoms with Crippen molar-refractivity contribution in [2.24, 2.45) is 0 Å². The maximum absolute atomic E-state index is 13.2. The molecule has 0 saturated carbocycles. The van der Waals surface area contributed by atoms with Crippen molar-refractivity contribution in [2.75, 3.05) is 18.0 Å². The Hall–Kier alpha value is -3.26. The van der Waals surface area contributed by atoms with Crippen LogP contribution in [0.2, 0.25) is 0 Å². The number of nitrogens with one attached hydrogen (secondary N) is 1. The smallest absolute Gasteiger partial charge is 0.406 e. The molecule has 1 amide bonds. The van der Waals surface area contributed by atoms with Gasteiger partial charge < -0.3 is 19.6 Å². The number of likely N-dealkylation sites (tertiary alicyclic amines) is 1. The van der Waals surface area contributed by atoms with Gasteiger partial charge in [-0.2, -0.15) is 0 Å². The number of sulfonamides is 1. The molecule has 0 radical (unpaired) electrons. The first-order valence-corrected chi connectivity index (χ1v) is 14.2. The van der Waals surface area contributed by atoms with Gasteiger partial charge in [0.2, 0.25) is 15.9 Å². The summed E-state index contributed by atoms with van der Waals surface area (Å²) in [5.74, 6) is -0.861. The predicted molar refractivity (Wildman–Crippen MR) is 138 cm³/mol. The molecule has 13 heteroatoms. The topological polar surface area (TPSA) is 99.2 Å². The lowest BCUT2D eigenvalue weighted by Crippen LogP contribution is -2.65. The van der Waals surface area contributed by atoms with E-state index in [9.17, 15) is 31.5 Å². The number of anilines is 2. The molecule has 0 unspecified atom stereocenters. The monoisotopic (exact) mass is 579 g/mol. The molecule has 5 rings (SSSR count). The fourth-order valence-electron chi connectivity index (χ4n) is 4.80. The highest BCUT2D eigenvalue weighted by molar-refractivity contribution is 7.99. The molecular formula is C26H24F3N3O5S2. The summed E-state index contributed by atoms with van der Waals surface area (Å²) >= 11 is 1.58. The third-order valence-electron chi connectivity index (χ3n) is 6.55. The molecule has 0 spiro atoms. The molecule has 3 aromatic carbocycles. The van der Waals surface area contributed by atoms with Crippen LogP contribution in [0.4, 0.5) is 24.5 Å². The minimum Gasteiger partial charge on any atom is -0.406 e. The zero-order chi connectivity index (χ0) is 27.9. The SMILES string of the molecule is CC(=O)N1C[C@@H](NS(=O)(=O)c2ccc(OC(F)(F)F)cc2)[C@H](O)[C@@H](N2c3ccccc3Sc3ccccc32)C1. The number of carbonyl (C=O) groups excluding carboxylic acids is 1. The van der Waals surface area contributed by atoms with E-state index in [2.05, 4.69) is 9.46 Å². The van der Waals surface area contributed by atoms with E-state index in [1.807, 2.05) is 53.4 Å². The maximum Gasteiger partial charge on any atom is 0.573 e. The van der Waals surface area contributed by atoms with Gasteiger partial charge in [0.25, 0.3) is 0 Å². The first kappa shape index (κ1) is 27.3. The third kappa shape index (κ3) is 5.71. The van der Waals surface area contributed by atoms with Crippen LogP contribution in [-0.2, 0) is 14.8 Å². The summed E-state index contributed by atoms with van der Waals surface area (Å²) in [6, 6.07) is 17.2. The fourth-order valence-corrected chi connectivity index (χ4v) is 7.11. The molecule has 206 valence electrons. The van der Waals surface area contributed by atoms with E-state index >= 15 is 0 Å². The van der Waals surface area contributed by atoms with E-state index < -0.39 is 40.3 Å². The van der Waals surface area contributed by atoms with Crippen molar-refractivity contribution in [3.8, 4) is 5.75 Å². The zero-order valence-corrected chi connectivity index (χ0v) is 22.1.